The van der Waals surface area contributed by atoms with Crippen molar-refractivity contribution in [1.82, 2.24) is 10.6 Å². The van der Waals surface area contributed by atoms with E-state index in [2.05, 4.69) is 112 Å². The van der Waals surface area contributed by atoms with Crippen molar-refractivity contribution < 1.29 is 18.7 Å². The number of rotatable bonds is 9. The van der Waals surface area contributed by atoms with Gasteiger partial charge < -0.3 is 31.3 Å². The van der Waals surface area contributed by atoms with E-state index < -0.39 is 23.8 Å². The minimum atomic E-state index is -0.934. The Balaban J connectivity index is 0.000000286. The number of anilines is 2. The van der Waals surface area contributed by atoms with Gasteiger partial charge in [-0.05, 0) is 95.0 Å². The molecule has 2 aliphatic rings. The Morgan fingerprint density at radius 1 is 0.824 bits per heavy atom. The molecule has 5 N–H and O–H groups in total. The van der Waals surface area contributed by atoms with Crippen molar-refractivity contribution >= 4 is 17.3 Å². The van der Waals surface area contributed by atoms with Crippen LogP contribution >= 0.6 is 0 Å². The first-order valence-electron chi connectivity index (χ1n) is 18.3. The van der Waals surface area contributed by atoms with E-state index in [1.165, 1.54) is 52.7 Å². The fraction of sp³-hybridized carbons (Fsp3) is 0.548. The van der Waals surface area contributed by atoms with Gasteiger partial charge in [-0.25, -0.2) is 8.78 Å². The zero-order chi connectivity index (χ0) is 37.7. The first-order chi connectivity index (χ1) is 23.8. The number of hydrogen-bond donors (Lipinski definition) is 4. The number of carbonyl (C=O) groups is 1. The number of hydrogen-bond acceptors (Lipinski definition) is 6. The number of nitrogens with two attached hydrogens (primary N) is 1. The minimum Gasteiger partial charge on any atom is -0.390 e. The van der Waals surface area contributed by atoms with Crippen molar-refractivity contribution in [3.63, 3.8) is 0 Å². The number of aliphatic hydroxyl groups is 1. The van der Waals surface area contributed by atoms with Gasteiger partial charge in [-0.15, -0.1) is 0 Å². The second-order valence-electron chi connectivity index (χ2n) is 17.1. The van der Waals surface area contributed by atoms with Crippen LogP contribution in [0.15, 0.2) is 54.6 Å². The molecular formula is C42H61F2N5O2. The highest BCUT2D eigenvalue weighted by Crippen LogP contribution is 2.36. The minimum absolute atomic E-state index is 0.0605. The molecule has 3 aromatic rings. The van der Waals surface area contributed by atoms with Crippen LogP contribution < -0.4 is 26.2 Å². The molecule has 0 saturated heterocycles. The molecule has 51 heavy (non-hydrogen) atoms. The molecular weight excluding hydrogens is 644 g/mol. The zero-order valence-electron chi connectivity index (χ0n) is 32.2. The Morgan fingerprint density at radius 3 is 1.86 bits per heavy atom. The Labute approximate surface area is 305 Å². The summed E-state index contributed by atoms with van der Waals surface area (Å²) in [6, 6.07) is 16.2. The summed E-state index contributed by atoms with van der Waals surface area (Å²) in [6.45, 7) is 17.0. The largest absolute Gasteiger partial charge is 0.390 e. The highest BCUT2D eigenvalue weighted by Gasteiger charge is 2.27. The monoisotopic (exact) mass is 705 g/mol. The van der Waals surface area contributed by atoms with Gasteiger partial charge in [0, 0.05) is 70.2 Å². The number of aliphatic hydroxyl groups excluding tert-OH is 1. The normalized spacial score (nSPS) is 18.6. The van der Waals surface area contributed by atoms with Gasteiger partial charge in [0.05, 0.1) is 12.1 Å². The smallest absolute Gasteiger partial charge is 0.217 e. The summed E-state index contributed by atoms with van der Waals surface area (Å²) in [5.74, 6) is -1.67. The van der Waals surface area contributed by atoms with Crippen molar-refractivity contribution in [3.8, 4) is 0 Å². The average molecular weight is 706 g/mol. The van der Waals surface area contributed by atoms with Crippen LogP contribution in [0.5, 0.6) is 0 Å². The highest BCUT2D eigenvalue weighted by molar-refractivity contribution is 5.73. The van der Waals surface area contributed by atoms with E-state index in [0.29, 0.717) is 11.0 Å². The fourth-order valence-electron chi connectivity index (χ4n) is 7.28. The summed E-state index contributed by atoms with van der Waals surface area (Å²) < 4.78 is 27.3. The molecule has 0 unspecified atom stereocenters. The van der Waals surface area contributed by atoms with E-state index in [1.54, 1.807) is 0 Å². The lowest BCUT2D eigenvalue weighted by Gasteiger charge is -2.35. The third-order valence-corrected chi connectivity index (χ3v) is 9.58. The topological polar surface area (TPSA) is 93.9 Å². The molecule has 0 radical (unpaired) electrons. The SMILES string of the molecule is CC(=O)N[C@@H](Cc1cc(F)cc(F)c1)[C@H](O)CN[C@H]1CCN(C)c2ccc(CC(C)(C)C)cc21.CN1CC[C@H](N)c2cc(CC(C)(C)C)ccc21. The third-order valence-electron chi connectivity index (χ3n) is 9.58. The average Bonchev–Trinajstić information content (AvgIpc) is 3.00. The van der Waals surface area contributed by atoms with Crippen molar-refractivity contribution in [2.45, 2.75) is 105 Å². The molecule has 0 aliphatic carbocycles. The van der Waals surface area contributed by atoms with Crippen LogP contribution in [-0.2, 0) is 24.1 Å². The van der Waals surface area contributed by atoms with Crippen LogP contribution in [0.1, 0.15) is 101 Å². The summed E-state index contributed by atoms with van der Waals surface area (Å²) in [5, 5.41) is 17.1. The number of nitrogens with one attached hydrogen (secondary N) is 2. The number of benzene rings is 3. The van der Waals surface area contributed by atoms with E-state index in [0.717, 1.165) is 44.8 Å². The summed E-state index contributed by atoms with van der Waals surface area (Å²) in [5.41, 5.74) is 14.8. The summed E-state index contributed by atoms with van der Waals surface area (Å²) >= 11 is 0. The number of nitrogens with zero attached hydrogens (tertiary/aromatic N) is 2. The van der Waals surface area contributed by atoms with Gasteiger partial charge >= 0.3 is 0 Å². The fourth-order valence-corrected chi connectivity index (χ4v) is 7.28. The Hall–Kier alpha value is -3.53. The first-order valence-corrected chi connectivity index (χ1v) is 18.3. The number of halogens is 2. The second kappa shape index (κ2) is 16.9. The van der Waals surface area contributed by atoms with Gasteiger partial charge in [0.2, 0.25) is 5.91 Å². The van der Waals surface area contributed by atoms with Crippen molar-refractivity contribution in [3.05, 3.63) is 94.0 Å². The molecule has 0 aromatic heterocycles. The molecule has 4 atom stereocenters. The Kier molecular flexibility index (Phi) is 13.3. The maximum atomic E-state index is 13.6. The maximum absolute atomic E-state index is 13.6. The molecule has 0 saturated carbocycles. The first kappa shape index (κ1) is 40.2. The molecule has 0 fully saturated rings. The van der Waals surface area contributed by atoms with Crippen LogP contribution in [0.4, 0.5) is 20.2 Å². The predicted molar refractivity (Wildman–Crippen MR) is 206 cm³/mol. The lowest BCUT2D eigenvalue weighted by atomic mass is 9.86. The standard InChI is InChI=1S/C27H37F2N3O2.C15H24N2/c1-17(33)31-24(13-19-10-20(28)14-21(29)11-19)26(34)16-30-23-8-9-32(5)25-7-6-18(12-22(23)25)15-27(2,3)4;1-15(2,3)10-11-5-6-14-12(9-11)13(16)7-8-17(14)4/h6-7,10-12,14,23-24,26,30,34H,8-9,13,15-16H2,1-5H3,(H,31,33);5-6,9,13H,7-8,10,16H2,1-4H3/t23-,24-,26+;13-/m00/s1. The number of carbonyl (C=O) groups excluding carboxylic acids is 1. The molecule has 9 heteroatoms. The Morgan fingerprint density at radius 2 is 1.33 bits per heavy atom. The third kappa shape index (κ3) is 12.0. The second-order valence-corrected chi connectivity index (χ2v) is 17.1. The zero-order valence-corrected chi connectivity index (χ0v) is 32.2. The lowest BCUT2D eigenvalue weighted by Crippen LogP contribution is -2.49. The van der Waals surface area contributed by atoms with Crippen LogP contribution in [0, 0.1) is 22.5 Å². The van der Waals surface area contributed by atoms with Crippen LogP contribution in [0.3, 0.4) is 0 Å². The molecule has 3 aromatic carbocycles. The molecule has 0 spiro atoms. The van der Waals surface area contributed by atoms with Crippen LogP contribution in [0.25, 0.3) is 0 Å². The van der Waals surface area contributed by atoms with Gasteiger partial charge in [0.25, 0.3) is 0 Å². The molecule has 2 aliphatic heterocycles. The van der Waals surface area contributed by atoms with Crippen molar-refractivity contribution in [2.24, 2.45) is 16.6 Å². The van der Waals surface area contributed by atoms with Gasteiger partial charge in [-0.1, -0.05) is 65.8 Å². The molecule has 2 heterocycles. The lowest BCUT2D eigenvalue weighted by molar-refractivity contribution is -0.120. The van der Waals surface area contributed by atoms with Crippen LogP contribution in [0.2, 0.25) is 0 Å². The predicted octanol–water partition coefficient (Wildman–Crippen LogP) is 7.25. The van der Waals surface area contributed by atoms with Gasteiger partial charge in [-0.3, -0.25) is 4.79 Å². The van der Waals surface area contributed by atoms with Crippen molar-refractivity contribution in [1.29, 1.82) is 0 Å². The summed E-state index contributed by atoms with van der Waals surface area (Å²) in [4.78, 5) is 16.3. The molecule has 280 valence electrons. The van der Waals surface area contributed by atoms with Crippen LogP contribution in [-0.4, -0.2) is 56.9 Å². The van der Waals surface area contributed by atoms with Crippen molar-refractivity contribution in [2.75, 3.05) is 43.5 Å². The highest BCUT2D eigenvalue weighted by atomic mass is 19.1. The van der Waals surface area contributed by atoms with E-state index in [-0.39, 0.29) is 36.4 Å². The van der Waals surface area contributed by atoms with E-state index in [1.807, 2.05) is 0 Å². The molecule has 1 amide bonds. The Bertz CT molecular complexity index is 1610. The van der Waals surface area contributed by atoms with Gasteiger partial charge in [0.1, 0.15) is 11.6 Å². The molecule has 0 bridgehead atoms. The number of amides is 1. The molecule has 5 rings (SSSR count). The molecule has 7 nitrogen and oxygen atoms in total. The van der Waals surface area contributed by atoms with E-state index >= 15 is 0 Å². The van der Waals surface area contributed by atoms with Gasteiger partial charge in [-0.2, -0.15) is 0 Å². The summed E-state index contributed by atoms with van der Waals surface area (Å²) in [6.07, 6.45) is 3.20. The number of fused-ring (bicyclic) bond motifs is 2. The van der Waals surface area contributed by atoms with E-state index in [4.69, 9.17) is 5.73 Å². The van der Waals surface area contributed by atoms with E-state index in [9.17, 15) is 18.7 Å². The van der Waals surface area contributed by atoms with Gasteiger partial charge in [0.15, 0.2) is 0 Å². The summed E-state index contributed by atoms with van der Waals surface area (Å²) in [7, 11) is 4.23. The quantitative estimate of drug-likeness (QED) is 0.188. The maximum Gasteiger partial charge on any atom is 0.217 e.